The van der Waals surface area contributed by atoms with E-state index in [0.717, 1.165) is 6.54 Å². The van der Waals surface area contributed by atoms with Gasteiger partial charge in [0, 0.05) is 12.6 Å². The van der Waals surface area contributed by atoms with Gasteiger partial charge >= 0.3 is 0 Å². The highest BCUT2D eigenvalue weighted by atomic mass is 35.5. The first kappa shape index (κ1) is 12.8. The minimum Gasteiger partial charge on any atom is -0.364 e. The lowest BCUT2D eigenvalue weighted by atomic mass is 10.3. The van der Waals surface area contributed by atoms with E-state index in [9.17, 15) is 0 Å². The van der Waals surface area contributed by atoms with Gasteiger partial charge in [0.25, 0.3) is 0 Å². The Balaban J connectivity index is 1.92. The minimum absolute atomic E-state index is 0.102. The lowest BCUT2D eigenvalue weighted by Gasteiger charge is -2.21. The van der Waals surface area contributed by atoms with Crippen LogP contribution in [0.5, 0.6) is 0 Å². The monoisotopic (exact) mass is 275 g/mol. The third kappa shape index (κ3) is 3.66. The molecule has 7 heteroatoms. The van der Waals surface area contributed by atoms with E-state index in [-0.39, 0.29) is 16.5 Å². The van der Waals surface area contributed by atoms with Gasteiger partial charge in [0.1, 0.15) is 0 Å². The molecule has 1 fully saturated rings. The summed E-state index contributed by atoms with van der Waals surface area (Å²) in [5, 5.41) is 10.8. The van der Waals surface area contributed by atoms with Crippen LogP contribution < -0.4 is 5.32 Å². The standard InChI is InChI=1S/C10H15Cl2N5/c1-7(6-17-4-2-3-5-17)13-9-8(11)15-16-10(12)14-9/h7H,2-6H2,1H3,(H,13,14,16). The summed E-state index contributed by atoms with van der Waals surface area (Å²) in [7, 11) is 0. The van der Waals surface area contributed by atoms with E-state index in [1.54, 1.807) is 0 Å². The first-order valence-corrected chi connectivity index (χ1v) is 6.45. The van der Waals surface area contributed by atoms with Crippen molar-refractivity contribution in [2.45, 2.75) is 25.8 Å². The van der Waals surface area contributed by atoms with E-state index in [0.29, 0.717) is 5.82 Å². The fraction of sp³-hybridized carbons (Fsp3) is 0.700. The molecule has 2 heterocycles. The van der Waals surface area contributed by atoms with Crippen molar-refractivity contribution >= 4 is 29.0 Å². The van der Waals surface area contributed by atoms with Gasteiger partial charge in [0.05, 0.1) is 0 Å². The lowest BCUT2D eigenvalue weighted by molar-refractivity contribution is 0.327. The van der Waals surface area contributed by atoms with Crippen LogP contribution in [0.2, 0.25) is 10.4 Å². The van der Waals surface area contributed by atoms with Gasteiger partial charge in [0.15, 0.2) is 11.0 Å². The van der Waals surface area contributed by atoms with Crippen molar-refractivity contribution in [1.29, 1.82) is 0 Å². The van der Waals surface area contributed by atoms with Crippen LogP contribution in [0.25, 0.3) is 0 Å². The van der Waals surface area contributed by atoms with Crippen molar-refractivity contribution in [3.05, 3.63) is 10.4 Å². The topological polar surface area (TPSA) is 53.9 Å². The molecular formula is C10H15Cl2N5. The zero-order chi connectivity index (χ0) is 12.3. The minimum atomic E-state index is 0.102. The largest absolute Gasteiger partial charge is 0.364 e. The zero-order valence-corrected chi connectivity index (χ0v) is 11.2. The molecule has 1 atom stereocenters. The maximum Gasteiger partial charge on any atom is 0.245 e. The van der Waals surface area contributed by atoms with E-state index in [4.69, 9.17) is 23.2 Å². The average molecular weight is 276 g/mol. The van der Waals surface area contributed by atoms with Crippen molar-refractivity contribution < 1.29 is 0 Å². The summed E-state index contributed by atoms with van der Waals surface area (Å²) in [5.41, 5.74) is 0. The number of hydrogen-bond acceptors (Lipinski definition) is 5. The molecule has 0 amide bonds. The van der Waals surface area contributed by atoms with Crippen LogP contribution in [0.3, 0.4) is 0 Å². The molecule has 2 rings (SSSR count). The van der Waals surface area contributed by atoms with Crippen LogP contribution in [0.1, 0.15) is 19.8 Å². The molecule has 1 aromatic heterocycles. The average Bonchev–Trinajstić information content (AvgIpc) is 2.76. The SMILES string of the molecule is CC(CN1CCCC1)Nc1nc(Cl)nnc1Cl. The van der Waals surface area contributed by atoms with Crippen molar-refractivity contribution in [2.24, 2.45) is 0 Å². The van der Waals surface area contributed by atoms with Gasteiger partial charge in [-0.15, -0.1) is 10.2 Å². The van der Waals surface area contributed by atoms with Crippen molar-refractivity contribution in [3.63, 3.8) is 0 Å². The van der Waals surface area contributed by atoms with Crippen molar-refractivity contribution in [2.75, 3.05) is 25.0 Å². The summed E-state index contributed by atoms with van der Waals surface area (Å²) in [4.78, 5) is 6.44. The molecule has 0 radical (unpaired) electrons. The van der Waals surface area contributed by atoms with Crippen molar-refractivity contribution in [1.82, 2.24) is 20.1 Å². The van der Waals surface area contributed by atoms with Gasteiger partial charge in [0.2, 0.25) is 5.28 Å². The first-order valence-electron chi connectivity index (χ1n) is 5.70. The highest BCUT2D eigenvalue weighted by Crippen LogP contribution is 2.18. The molecule has 0 saturated carbocycles. The number of nitrogens with zero attached hydrogens (tertiary/aromatic N) is 4. The van der Waals surface area contributed by atoms with Gasteiger partial charge < -0.3 is 10.2 Å². The highest BCUT2D eigenvalue weighted by Gasteiger charge is 2.16. The van der Waals surface area contributed by atoms with Crippen LogP contribution in [0.15, 0.2) is 0 Å². The Hall–Kier alpha value is -0.650. The maximum absolute atomic E-state index is 5.89. The summed E-state index contributed by atoms with van der Waals surface area (Å²) >= 11 is 11.6. The number of halogens is 2. The first-order chi connectivity index (χ1) is 8.15. The van der Waals surface area contributed by atoms with Crippen molar-refractivity contribution in [3.8, 4) is 0 Å². The molecule has 94 valence electrons. The molecule has 1 aromatic rings. The Morgan fingerprint density at radius 3 is 2.71 bits per heavy atom. The zero-order valence-electron chi connectivity index (χ0n) is 9.66. The molecule has 1 aliphatic heterocycles. The quantitative estimate of drug-likeness (QED) is 0.912. The Morgan fingerprint density at radius 2 is 2.00 bits per heavy atom. The third-order valence-electron chi connectivity index (χ3n) is 2.73. The Bertz CT molecular complexity index is 381. The van der Waals surface area contributed by atoms with E-state index in [1.165, 1.54) is 25.9 Å². The van der Waals surface area contributed by atoms with E-state index >= 15 is 0 Å². The van der Waals surface area contributed by atoms with Gasteiger partial charge in [-0.25, -0.2) is 0 Å². The summed E-state index contributed by atoms with van der Waals surface area (Å²) < 4.78 is 0. The number of rotatable bonds is 4. The molecular weight excluding hydrogens is 261 g/mol. The predicted octanol–water partition coefficient (Wildman–Crippen LogP) is 2.07. The number of anilines is 1. The maximum atomic E-state index is 5.89. The van der Waals surface area contributed by atoms with Gasteiger partial charge in [-0.3, -0.25) is 0 Å². The molecule has 0 bridgehead atoms. The Morgan fingerprint density at radius 1 is 1.29 bits per heavy atom. The molecule has 0 aromatic carbocycles. The molecule has 5 nitrogen and oxygen atoms in total. The van der Waals surface area contributed by atoms with Crippen LogP contribution in [-0.4, -0.2) is 45.8 Å². The van der Waals surface area contributed by atoms with E-state index in [2.05, 4.69) is 32.3 Å². The molecule has 1 saturated heterocycles. The summed E-state index contributed by atoms with van der Waals surface area (Å²) in [5.74, 6) is 0.498. The lowest BCUT2D eigenvalue weighted by Crippen LogP contribution is -2.33. The second kappa shape index (κ2) is 5.80. The second-order valence-corrected chi connectivity index (χ2v) is 4.97. The van der Waals surface area contributed by atoms with Gasteiger partial charge in [-0.05, 0) is 44.5 Å². The molecule has 1 aliphatic rings. The molecule has 1 unspecified atom stereocenters. The molecule has 0 aliphatic carbocycles. The van der Waals surface area contributed by atoms with E-state index < -0.39 is 0 Å². The summed E-state index contributed by atoms with van der Waals surface area (Å²) in [6.07, 6.45) is 2.57. The number of nitrogens with one attached hydrogen (secondary N) is 1. The highest BCUT2D eigenvalue weighted by molar-refractivity contribution is 6.32. The number of hydrogen-bond donors (Lipinski definition) is 1. The fourth-order valence-corrected chi connectivity index (χ4v) is 2.27. The third-order valence-corrected chi connectivity index (χ3v) is 3.15. The smallest absolute Gasteiger partial charge is 0.245 e. The number of likely N-dealkylation sites (tertiary alicyclic amines) is 1. The van der Waals surface area contributed by atoms with Gasteiger partial charge in [-0.2, -0.15) is 4.98 Å². The fourth-order valence-electron chi connectivity index (χ4n) is 2.02. The van der Waals surface area contributed by atoms with Crippen LogP contribution in [0, 0.1) is 0 Å². The molecule has 0 spiro atoms. The van der Waals surface area contributed by atoms with Crippen LogP contribution in [-0.2, 0) is 0 Å². The van der Waals surface area contributed by atoms with Gasteiger partial charge in [-0.1, -0.05) is 11.6 Å². The molecule has 1 N–H and O–H groups in total. The number of aromatic nitrogens is 3. The van der Waals surface area contributed by atoms with Crippen LogP contribution in [0.4, 0.5) is 5.82 Å². The molecule has 17 heavy (non-hydrogen) atoms. The predicted molar refractivity (Wildman–Crippen MR) is 68.6 cm³/mol. The second-order valence-electron chi connectivity index (χ2n) is 4.27. The summed E-state index contributed by atoms with van der Waals surface area (Å²) in [6.45, 7) is 5.40. The summed E-state index contributed by atoms with van der Waals surface area (Å²) in [6, 6.07) is 0.248. The van der Waals surface area contributed by atoms with Crippen LogP contribution >= 0.6 is 23.2 Å². The Labute approximate surface area is 111 Å². The normalized spacial score (nSPS) is 18.3. The Kier molecular flexibility index (Phi) is 4.36. The van der Waals surface area contributed by atoms with E-state index in [1.807, 2.05) is 0 Å².